The van der Waals surface area contributed by atoms with E-state index in [9.17, 15) is 0 Å². The molecule has 21 heavy (non-hydrogen) atoms. The normalized spacial score (nSPS) is 18.4. The predicted molar refractivity (Wildman–Crippen MR) is 98.4 cm³/mol. The quantitative estimate of drug-likeness (QED) is 0.307. The topological polar surface area (TPSA) is 65.9 Å². The molecule has 0 aromatic carbocycles. The summed E-state index contributed by atoms with van der Waals surface area (Å²) in [4.78, 5) is 4.72. The largest absolute Gasteiger partial charge is 0.396 e. The summed E-state index contributed by atoms with van der Waals surface area (Å²) >= 11 is 0. The van der Waals surface area contributed by atoms with Gasteiger partial charge in [-0.05, 0) is 37.5 Å². The van der Waals surface area contributed by atoms with Crippen LogP contribution in [0.3, 0.4) is 0 Å². The molecule has 3 N–H and O–H groups in total. The maximum atomic E-state index is 9.07. The van der Waals surface area contributed by atoms with Gasteiger partial charge in [-0.15, -0.1) is 24.0 Å². The second-order valence-electron chi connectivity index (χ2n) is 5.96. The first-order valence-corrected chi connectivity index (χ1v) is 7.78. The number of halogens is 1. The molecule has 0 aromatic rings. The molecular weight excluding hydrogens is 381 g/mol. The number of rotatable bonds is 9. The highest BCUT2D eigenvalue weighted by Crippen LogP contribution is 2.44. The van der Waals surface area contributed by atoms with Gasteiger partial charge < -0.3 is 20.5 Å². The summed E-state index contributed by atoms with van der Waals surface area (Å²) in [6, 6.07) is 0. The van der Waals surface area contributed by atoms with Gasteiger partial charge in [-0.3, -0.25) is 4.99 Å². The van der Waals surface area contributed by atoms with Crippen molar-refractivity contribution in [2.45, 2.75) is 39.5 Å². The Kier molecular flexibility index (Phi) is 11.4. The van der Waals surface area contributed by atoms with Crippen LogP contribution >= 0.6 is 24.0 Å². The summed E-state index contributed by atoms with van der Waals surface area (Å²) < 4.78 is 5.21. The average molecular weight is 413 g/mol. The minimum atomic E-state index is 0. The molecule has 0 aromatic heterocycles. The molecular formula is C15H32IN3O2. The lowest BCUT2D eigenvalue weighted by Crippen LogP contribution is -2.42. The van der Waals surface area contributed by atoms with Gasteiger partial charge in [0.25, 0.3) is 0 Å². The number of aliphatic hydroxyl groups excluding tert-OH is 1. The minimum Gasteiger partial charge on any atom is -0.396 e. The first-order chi connectivity index (χ1) is 9.65. The molecule has 0 aliphatic heterocycles. The Hall–Kier alpha value is -0.0800. The third-order valence-corrected chi connectivity index (χ3v) is 4.10. The van der Waals surface area contributed by atoms with E-state index in [-0.39, 0.29) is 36.5 Å². The SMILES string of the molecule is CCNC(=NCC1(CCOC)CCC1)NCC(C)CO.I. The van der Waals surface area contributed by atoms with Crippen molar-refractivity contribution in [2.24, 2.45) is 16.3 Å². The highest BCUT2D eigenvalue weighted by Gasteiger charge is 2.36. The fourth-order valence-electron chi connectivity index (χ4n) is 2.41. The summed E-state index contributed by atoms with van der Waals surface area (Å²) in [7, 11) is 1.76. The molecule has 0 heterocycles. The lowest BCUT2D eigenvalue weighted by atomic mass is 9.67. The van der Waals surface area contributed by atoms with Crippen molar-refractivity contribution in [1.82, 2.24) is 10.6 Å². The van der Waals surface area contributed by atoms with Crippen molar-refractivity contribution in [2.75, 3.05) is 40.0 Å². The summed E-state index contributed by atoms with van der Waals surface area (Å²) in [6.07, 6.45) is 4.92. The van der Waals surface area contributed by atoms with Crippen molar-refractivity contribution in [3.05, 3.63) is 0 Å². The van der Waals surface area contributed by atoms with Crippen LogP contribution < -0.4 is 10.6 Å². The highest BCUT2D eigenvalue weighted by atomic mass is 127. The molecule has 6 heteroatoms. The first-order valence-electron chi connectivity index (χ1n) is 7.78. The molecule has 0 bridgehead atoms. The summed E-state index contributed by atoms with van der Waals surface area (Å²) in [6.45, 7) is 7.56. The van der Waals surface area contributed by atoms with Crippen molar-refractivity contribution >= 4 is 29.9 Å². The summed E-state index contributed by atoms with van der Waals surface area (Å²) in [5, 5.41) is 15.6. The molecule has 5 nitrogen and oxygen atoms in total. The Morgan fingerprint density at radius 3 is 2.57 bits per heavy atom. The van der Waals surface area contributed by atoms with Crippen molar-refractivity contribution < 1.29 is 9.84 Å². The molecule has 1 saturated carbocycles. The van der Waals surface area contributed by atoms with Gasteiger partial charge in [0.15, 0.2) is 5.96 Å². The zero-order valence-corrected chi connectivity index (χ0v) is 16.0. The van der Waals surface area contributed by atoms with Crippen LogP contribution in [0.5, 0.6) is 0 Å². The van der Waals surface area contributed by atoms with Gasteiger partial charge in [0.1, 0.15) is 0 Å². The Bertz CT molecular complexity index is 297. The van der Waals surface area contributed by atoms with Crippen LogP contribution in [-0.4, -0.2) is 51.0 Å². The van der Waals surface area contributed by atoms with Crippen LogP contribution in [-0.2, 0) is 4.74 Å². The fourth-order valence-corrected chi connectivity index (χ4v) is 2.41. The van der Waals surface area contributed by atoms with Crippen LogP contribution in [0.25, 0.3) is 0 Å². The Morgan fingerprint density at radius 2 is 2.10 bits per heavy atom. The van der Waals surface area contributed by atoms with E-state index in [1.54, 1.807) is 7.11 Å². The molecule has 0 amide bonds. The van der Waals surface area contributed by atoms with Gasteiger partial charge in [0.2, 0.25) is 0 Å². The molecule has 1 fully saturated rings. The highest BCUT2D eigenvalue weighted by molar-refractivity contribution is 14.0. The standard InChI is InChI=1S/C15H31N3O2.HI/c1-4-16-14(17-10-13(2)11-19)18-12-15(6-5-7-15)8-9-20-3;/h13,19H,4-12H2,1-3H3,(H2,16,17,18);1H. The Labute approximate surface area is 146 Å². The van der Waals surface area contributed by atoms with Gasteiger partial charge in [0, 0.05) is 40.0 Å². The third-order valence-electron chi connectivity index (χ3n) is 4.10. The zero-order valence-electron chi connectivity index (χ0n) is 13.7. The number of hydrogen-bond acceptors (Lipinski definition) is 3. The number of hydrogen-bond donors (Lipinski definition) is 3. The van der Waals surface area contributed by atoms with E-state index in [0.717, 1.165) is 38.6 Å². The van der Waals surface area contributed by atoms with Crippen molar-refractivity contribution in [3.63, 3.8) is 0 Å². The molecule has 0 radical (unpaired) electrons. The Morgan fingerprint density at radius 1 is 1.38 bits per heavy atom. The second kappa shape index (κ2) is 11.5. The maximum absolute atomic E-state index is 9.07. The monoisotopic (exact) mass is 413 g/mol. The summed E-state index contributed by atoms with van der Waals surface area (Å²) in [5.74, 6) is 1.10. The van der Waals surface area contributed by atoms with E-state index in [4.69, 9.17) is 14.8 Å². The number of ether oxygens (including phenoxy) is 1. The second-order valence-corrected chi connectivity index (χ2v) is 5.96. The van der Waals surface area contributed by atoms with Crippen LogP contribution in [0.15, 0.2) is 4.99 Å². The van der Waals surface area contributed by atoms with E-state index in [1.807, 2.05) is 6.92 Å². The van der Waals surface area contributed by atoms with E-state index < -0.39 is 0 Å². The smallest absolute Gasteiger partial charge is 0.191 e. The van der Waals surface area contributed by atoms with E-state index in [2.05, 4.69) is 17.6 Å². The lowest BCUT2D eigenvalue weighted by molar-refractivity contribution is 0.0778. The number of nitrogens with zero attached hydrogens (tertiary/aromatic N) is 1. The Balaban J connectivity index is 0.00000400. The molecule has 0 spiro atoms. The van der Waals surface area contributed by atoms with Gasteiger partial charge in [0.05, 0.1) is 0 Å². The van der Waals surface area contributed by atoms with Gasteiger partial charge in [-0.2, -0.15) is 0 Å². The number of methoxy groups -OCH3 is 1. The molecule has 0 saturated heterocycles. The zero-order chi connectivity index (χ0) is 14.8. The van der Waals surface area contributed by atoms with E-state index in [1.165, 1.54) is 19.3 Å². The number of guanidine groups is 1. The lowest BCUT2D eigenvalue weighted by Gasteiger charge is -2.40. The number of aliphatic imine (C=N–C) groups is 1. The van der Waals surface area contributed by atoms with Crippen LogP contribution in [0.1, 0.15) is 39.5 Å². The van der Waals surface area contributed by atoms with Crippen molar-refractivity contribution in [3.8, 4) is 0 Å². The number of nitrogens with one attached hydrogen (secondary N) is 2. The molecule has 1 aliphatic carbocycles. The van der Waals surface area contributed by atoms with E-state index >= 15 is 0 Å². The minimum absolute atomic E-state index is 0. The van der Waals surface area contributed by atoms with Gasteiger partial charge in [-0.1, -0.05) is 13.3 Å². The fraction of sp³-hybridized carbons (Fsp3) is 0.933. The van der Waals surface area contributed by atoms with Crippen LogP contribution in [0.4, 0.5) is 0 Å². The van der Waals surface area contributed by atoms with Gasteiger partial charge in [-0.25, -0.2) is 0 Å². The maximum Gasteiger partial charge on any atom is 0.191 e. The average Bonchev–Trinajstić information content (AvgIpc) is 2.42. The molecule has 1 atom stereocenters. The van der Waals surface area contributed by atoms with Crippen molar-refractivity contribution in [1.29, 1.82) is 0 Å². The molecule has 1 rings (SSSR count). The van der Waals surface area contributed by atoms with Crippen LogP contribution in [0, 0.1) is 11.3 Å². The van der Waals surface area contributed by atoms with Gasteiger partial charge >= 0.3 is 0 Å². The predicted octanol–water partition coefficient (Wildman–Crippen LogP) is 1.99. The van der Waals surface area contributed by atoms with Crippen LogP contribution in [0.2, 0.25) is 0 Å². The number of aliphatic hydroxyl groups is 1. The van der Waals surface area contributed by atoms with E-state index in [0.29, 0.717) is 5.41 Å². The first kappa shape index (κ1) is 20.9. The molecule has 126 valence electrons. The molecule has 1 aliphatic rings. The third kappa shape index (κ3) is 7.65. The molecule has 1 unspecified atom stereocenters. The summed E-state index contributed by atoms with van der Waals surface area (Å²) in [5.41, 5.74) is 0.348.